The lowest BCUT2D eigenvalue weighted by Crippen LogP contribution is -2.42. The van der Waals surface area contributed by atoms with Crippen LogP contribution in [0.2, 0.25) is 5.02 Å². The van der Waals surface area contributed by atoms with Crippen molar-refractivity contribution in [1.29, 1.82) is 5.26 Å². The molecule has 2 aliphatic heterocycles. The van der Waals surface area contributed by atoms with Gasteiger partial charge in [0.2, 0.25) is 0 Å². The third-order valence-electron chi connectivity index (χ3n) is 5.97. The Bertz CT molecular complexity index is 1070. The molecule has 0 aliphatic carbocycles. The van der Waals surface area contributed by atoms with Gasteiger partial charge in [0, 0.05) is 31.0 Å². The average Bonchev–Trinajstić information content (AvgIpc) is 2.88. The van der Waals surface area contributed by atoms with Crippen LogP contribution >= 0.6 is 23.5 Å². The molecule has 35 heavy (non-hydrogen) atoms. The summed E-state index contributed by atoms with van der Waals surface area (Å²) in [6, 6.07) is 9.44. The van der Waals surface area contributed by atoms with Gasteiger partial charge in [-0.25, -0.2) is 17.8 Å². The number of alkyl halides is 2. The largest absolute Gasteiger partial charge is 0.382 e. The molecule has 2 fully saturated rings. The summed E-state index contributed by atoms with van der Waals surface area (Å²) in [5.41, 5.74) is 0.457. The molecule has 7 nitrogen and oxygen atoms in total. The number of piperidine rings is 1. The number of rotatable bonds is 6. The summed E-state index contributed by atoms with van der Waals surface area (Å²) in [7, 11) is 0. The van der Waals surface area contributed by atoms with Crippen molar-refractivity contribution in [1.82, 2.24) is 14.1 Å². The zero-order valence-corrected chi connectivity index (χ0v) is 21.4. The monoisotopic (exact) mass is 525 g/mol. The van der Waals surface area contributed by atoms with Crippen LogP contribution in [-0.4, -0.2) is 52.9 Å². The molecule has 2 aromatic rings. The number of hydrogen-bond donors (Lipinski definition) is 1. The molecule has 1 aromatic carbocycles. The Morgan fingerprint density at radius 1 is 1.29 bits per heavy atom. The van der Waals surface area contributed by atoms with Crippen LogP contribution in [0.15, 0.2) is 40.2 Å². The van der Waals surface area contributed by atoms with Crippen molar-refractivity contribution >= 4 is 29.2 Å². The number of ether oxygens (including phenoxy) is 1. The highest BCUT2D eigenvalue weighted by Gasteiger charge is 2.42. The fourth-order valence-electron chi connectivity index (χ4n) is 3.95. The molecule has 1 atom stereocenters. The van der Waals surface area contributed by atoms with Gasteiger partial charge in [-0.1, -0.05) is 25.4 Å². The van der Waals surface area contributed by atoms with Gasteiger partial charge < -0.3 is 10.1 Å². The van der Waals surface area contributed by atoms with Crippen molar-refractivity contribution in [3.63, 3.8) is 0 Å². The Morgan fingerprint density at radius 2 is 1.97 bits per heavy atom. The van der Waals surface area contributed by atoms with Gasteiger partial charge in [0.15, 0.2) is 0 Å². The number of nitrogens with zero attached hydrogens (tertiary/aromatic N) is 4. The first-order valence-electron chi connectivity index (χ1n) is 11.8. The highest BCUT2D eigenvalue weighted by molar-refractivity contribution is 7.97. The summed E-state index contributed by atoms with van der Waals surface area (Å²) < 4.78 is 36.8. The SMILES string of the molecule is CC.N#Cc1ccc(SN2CCC(n3ncc(NCC4COCCC4(F)F)c(Cl)c3=O)CC2)cc1. The summed E-state index contributed by atoms with van der Waals surface area (Å²) >= 11 is 7.89. The van der Waals surface area contributed by atoms with Gasteiger partial charge in [0.25, 0.3) is 11.5 Å². The van der Waals surface area contributed by atoms with Gasteiger partial charge in [-0.2, -0.15) is 10.4 Å². The van der Waals surface area contributed by atoms with Crippen molar-refractivity contribution in [3.05, 3.63) is 51.4 Å². The second-order valence-electron chi connectivity index (χ2n) is 8.17. The zero-order valence-electron chi connectivity index (χ0n) is 19.8. The van der Waals surface area contributed by atoms with Gasteiger partial charge in [-0.15, -0.1) is 0 Å². The lowest BCUT2D eigenvalue weighted by molar-refractivity contribution is -0.136. The summed E-state index contributed by atoms with van der Waals surface area (Å²) in [5, 5.41) is 16.0. The maximum absolute atomic E-state index is 14.0. The van der Waals surface area contributed by atoms with Crippen LogP contribution in [0.4, 0.5) is 14.5 Å². The Hall–Kier alpha value is -2.19. The number of benzene rings is 1. The minimum atomic E-state index is -2.82. The van der Waals surface area contributed by atoms with Crippen LogP contribution in [0.3, 0.4) is 0 Å². The number of hydrogen-bond acceptors (Lipinski definition) is 7. The standard InChI is InChI=1S/C22H24ClF2N5O2S.C2H6/c23-20-19(27-12-16-14-32-10-7-22(16,24)25)13-28-30(21(20)31)17-5-8-29(9-6-17)33-18-3-1-15(11-26)2-4-18;1-2/h1-4,13,16-17,27H,5-10,12,14H2;1-2H3. The molecule has 0 amide bonds. The van der Waals surface area contributed by atoms with Crippen molar-refractivity contribution in [2.75, 3.05) is 38.2 Å². The molecule has 0 radical (unpaired) electrons. The summed E-state index contributed by atoms with van der Waals surface area (Å²) in [5.74, 6) is -3.80. The predicted octanol–water partition coefficient (Wildman–Crippen LogP) is 5.22. The van der Waals surface area contributed by atoms with Gasteiger partial charge in [0.1, 0.15) is 5.02 Å². The first kappa shape index (κ1) is 27.4. The Kier molecular flexibility index (Phi) is 9.92. The second kappa shape index (κ2) is 12.7. The Labute approximate surface area is 213 Å². The van der Waals surface area contributed by atoms with Crippen molar-refractivity contribution in [3.8, 4) is 6.07 Å². The fraction of sp³-hybridized carbons (Fsp3) is 0.542. The molecular formula is C24H30ClF2N5O2S. The number of anilines is 1. The molecular weight excluding hydrogens is 496 g/mol. The molecule has 2 aliphatic rings. The smallest absolute Gasteiger partial charge is 0.287 e. The van der Waals surface area contributed by atoms with Crippen LogP contribution in [0.1, 0.15) is 44.7 Å². The molecule has 2 saturated heterocycles. The molecule has 0 bridgehead atoms. The third-order valence-corrected chi connectivity index (χ3v) is 7.44. The maximum atomic E-state index is 14.0. The van der Waals surface area contributed by atoms with E-state index >= 15 is 0 Å². The van der Waals surface area contributed by atoms with E-state index in [1.165, 1.54) is 10.9 Å². The van der Waals surface area contributed by atoms with E-state index in [4.69, 9.17) is 21.6 Å². The van der Waals surface area contributed by atoms with E-state index in [-0.39, 0.29) is 42.9 Å². The Balaban J connectivity index is 0.00000167. The lowest BCUT2D eigenvalue weighted by Gasteiger charge is -2.32. The number of aromatic nitrogens is 2. The van der Waals surface area contributed by atoms with Crippen LogP contribution in [0.5, 0.6) is 0 Å². The highest BCUT2D eigenvalue weighted by atomic mass is 35.5. The molecule has 1 unspecified atom stereocenters. The molecule has 11 heteroatoms. The number of nitriles is 1. The number of halogens is 3. The van der Waals surface area contributed by atoms with Crippen LogP contribution < -0.4 is 10.9 Å². The van der Waals surface area contributed by atoms with E-state index in [0.29, 0.717) is 5.56 Å². The second-order valence-corrected chi connectivity index (χ2v) is 9.72. The van der Waals surface area contributed by atoms with Crippen molar-refractivity contribution in [2.45, 2.75) is 50.0 Å². The normalized spacial score (nSPS) is 20.4. The van der Waals surface area contributed by atoms with E-state index in [2.05, 4.69) is 20.8 Å². The molecule has 0 saturated carbocycles. The van der Waals surface area contributed by atoms with E-state index in [0.717, 1.165) is 30.8 Å². The quantitative estimate of drug-likeness (QED) is 0.517. The van der Waals surface area contributed by atoms with Crippen molar-refractivity contribution in [2.24, 2.45) is 5.92 Å². The summed E-state index contributed by atoms with van der Waals surface area (Å²) in [4.78, 5) is 13.9. The topological polar surface area (TPSA) is 83.2 Å². The molecule has 0 spiro atoms. The van der Waals surface area contributed by atoms with Gasteiger partial charge in [0.05, 0.1) is 48.7 Å². The van der Waals surface area contributed by atoms with E-state index in [9.17, 15) is 13.6 Å². The number of nitrogens with one attached hydrogen (secondary N) is 1. The fourth-order valence-corrected chi connectivity index (χ4v) is 5.10. The van der Waals surface area contributed by atoms with Gasteiger partial charge in [-0.3, -0.25) is 4.79 Å². The zero-order chi connectivity index (χ0) is 25.4. The van der Waals surface area contributed by atoms with Crippen molar-refractivity contribution < 1.29 is 13.5 Å². The van der Waals surface area contributed by atoms with E-state index in [1.54, 1.807) is 24.1 Å². The third kappa shape index (κ3) is 6.94. The molecule has 1 N–H and O–H groups in total. The minimum absolute atomic E-state index is 0.0405. The van der Waals surface area contributed by atoms with Gasteiger partial charge in [-0.05, 0) is 49.1 Å². The van der Waals surface area contributed by atoms with Crippen LogP contribution in [0, 0.1) is 17.2 Å². The molecule has 3 heterocycles. The first-order chi connectivity index (χ1) is 16.9. The first-order valence-corrected chi connectivity index (χ1v) is 12.9. The molecule has 1 aromatic heterocycles. The lowest BCUT2D eigenvalue weighted by atomic mass is 9.97. The van der Waals surface area contributed by atoms with Crippen LogP contribution in [0.25, 0.3) is 0 Å². The van der Waals surface area contributed by atoms with Gasteiger partial charge >= 0.3 is 0 Å². The molecule has 190 valence electrons. The molecule has 4 rings (SSSR count). The van der Waals surface area contributed by atoms with E-state index in [1.807, 2.05) is 26.0 Å². The summed E-state index contributed by atoms with van der Waals surface area (Å²) in [6.07, 6.45) is 2.58. The summed E-state index contributed by atoms with van der Waals surface area (Å²) in [6.45, 7) is 5.48. The van der Waals surface area contributed by atoms with Crippen LogP contribution in [-0.2, 0) is 4.74 Å². The predicted molar refractivity (Wildman–Crippen MR) is 134 cm³/mol. The highest BCUT2D eigenvalue weighted by Crippen LogP contribution is 2.33. The van der Waals surface area contributed by atoms with E-state index < -0.39 is 17.4 Å². The minimum Gasteiger partial charge on any atom is -0.382 e. The maximum Gasteiger partial charge on any atom is 0.287 e. The Morgan fingerprint density at radius 3 is 2.60 bits per heavy atom. The average molecular weight is 526 g/mol.